The molecule has 0 saturated heterocycles. The van der Waals surface area contributed by atoms with E-state index in [2.05, 4.69) is 10.6 Å². The molecule has 1 amide bonds. The molecule has 162 valence electrons. The molecule has 0 unspecified atom stereocenters. The summed E-state index contributed by atoms with van der Waals surface area (Å²) in [5.41, 5.74) is 1.20. The molecule has 10 heteroatoms. The largest absolute Gasteiger partial charge is 0.355 e. The topological polar surface area (TPSA) is 130 Å². The number of halogens is 1. The highest BCUT2D eigenvalue weighted by Crippen LogP contribution is 2.35. The molecule has 32 heavy (non-hydrogen) atoms. The number of hydrogen-bond acceptors (Lipinski definition) is 6. The van der Waals surface area contributed by atoms with Gasteiger partial charge in [0.05, 0.1) is 16.1 Å². The van der Waals surface area contributed by atoms with E-state index in [9.17, 15) is 27.4 Å². The Morgan fingerprint density at radius 1 is 0.875 bits per heavy atom. The lowest BCUT2D eigenvalue weighted by Crippen LogP contribution is -2.23. The number of nitrogens with one attached hydrogen (secondary N) is 2. The van der Waals surface area contributed by atoms with E-state index in [-0.39, 0.29) is 39.7 Å². The van der Waals surface area contributed by atoms with Crippen LogP contribution in [0.1, 0.15) is 31.8 Å². The normalized spacial score (nSPS) is 12.7. The van der Waals surface area contributed by atoms with E-state index in [0.717, 1.165) is 12.1 Å². The smallest absolute Gasteiger partial charge is 0.294 e. The Kier molecular flexibility index (Phi) is 5.55. The molecular formula is C22H15ClN2O6S. The predicted molar refractivity (Wildman–Crippen MR) is 119 cm³/mol. The average Bonchev–Trinajstić information content (AvgIpc) is 2.77. The maximum Gasteiger partial charge on any atom is 0.294 e. The predicted octanol–water partition coefficient (Wildman–Crippen LogP) is 3.63. The highest BCUT2D eigenvalue weighted by molar-refractivity contribution is 7.85. The molecule has 3 aromatic carbocycles. The number of ketones is 2. The molecule has 3 aromatic rings. The summed E-state index contributed by atoms with van der Waals surface area (Å²) >= 11 is 5.47. The van der Waals surface area contributed by atoms with E-state index in [0.29, 0.717) is 11.4 Å². The summed E-state index contributed by atoms with van der Waals surface area (Å²) in [6.45, 7) is 0. The van der Waals surface area contributed by atoms with Gasteiger partial charge >= 0.3 is 0 Å². The molecule has 0 aliphatic heterocycles. The molecule has 1 aliphatic carbocycles. The van der Waals surface area contributed by atoms with Crippen LogP contribution in [0.3, 0.4) is 0 Å². The first-order chi connectivity index (χ1) is 15.2. The number of benzene rings is 3. The molecule has 0 saturated carbocycles. The summed E-state index contributed by atoms with van der Waals surface area (Å²) in [5.74, 6) is -1.56. The van der Waals surface area contributed by atoms with E-state index >= 15 is 0 Å². The molecule has 0 spiro atoms. The van der Waals surface area contributed by atoms with Crippen LogP contribution in [-0.2, 0) is 14.9 Å². The van der Waals surface area contributed by atoms with Gasteiger partial charge in [-0.15, -0.1) is 11.6 Å². The number of alkyl halides is 1. The third-order valence-corrected chi connectivity index (χ3v) is 5.94. The molecule has 3 N–H and O–H groups in total. The maximum absolute atomic E-state index is 13.2. The highest BCUT2D eigenvalue weighted by Gasteiger charge is 2.33. The second kappa shape index (κ2) is 8.19. The fraction of sp³-hybridized carbons (Fsp3) is 0.0455. The zero-order valence-corrected chi connectivity index (χ0v) is 17.8. The van der Waals surface area contributed by atoms with Crippen LogP contribution in [0.15, 0.2) is 65.6 Å². The van der Waals surface area contributed by atoms with Gasteiger partial charge in [0.1, 0.15) is 5.88 Å². The summed E-state index contributed by atoms with van der Waals surface area (Å²) in [7, 11) is -4.66. The molecular weight excluding hydrogens is 456 g/mol. The van der Waals surface area contributed by atoms with Crippen LogP contribution in [-0.4, -0.2) is 36.3 Å². The van der Waals surface area contributed by atoms with Gasteiger partial charge in [0.25, 0.3) is 10.1 Å². The van der Waals surface area contributed by atoms with Crippen molar-refractivity contribution in [1.29, 1.82) is 0 Å². The molecule has 4 rings (SSSR count). The minimum atomic E-state index is -4.66. The average molecular weight is 471 g/mol. The SMILES string of the molecule is O=C(CCl)Nc1ccc(Nc2cc(S(=O)(=O)O)cc3c2C(=O)c2ccccc2C3=O)cc1. The summed E-state index contributed by atoms with van der Waals surface area (Å²) in [4.78, 5) is 37.1. The van der Waals surface area contributed by atoms with Crippen molar-refractivity contribution >= 4 is 56.3 Å². The number of fused-ring (bicyclic) bond motifs is 2. The first-order valence-electron chi connectivity index (χ1n) is 9.26. The van der Waals surface area contributed by atoms with Crippen molar-refractivity contribution in [3.05, 3.63) is 82.9 Å². The zero-order chi connectivity index (χ0) is 23.0. The molecule has 0 radical (unpaired) electrons. The number of hydrogen-bond donors (Lipinski definition) is 3. The van der Waals surface area contributed by atoms with Gasteiger partial charge in [-0.1, -0.05) is 24.3 Å². The fourth-order valence-electron chi connectivity index (χ4n) is 3.43. The standard InChI is InChI=1S/C22H15ClN2O6S/c23-11-19(26)25-13-7-5-12(6-8-13)24-18-10-14(32(29,30)31)9-17-20(18)22(28)16-4-2-1-3-15(16)21(17)27/h1-10,24H,11H2,(H,25,26)(H,29,30,31). The Morgan fingerprint density at radius 3 is 2.06 bits per heavy atom. The highest BCUT2D eigenvalue weighted by atomic mass is 35.5. The van der Waals surface area contributed by atoms with Gasteiger partial charge in [-0.05, 0) is 36.4 Å². The van der Waals surface area contributed by atoms with E-state index in [4.69, 9.17) is 11.6 Å². The monoisotopic (exact) mass is 470 g/mol. The van der Waals surface area contributed by atoms with Crippen LogP contribution < -0.4 is 10.6 Å². The van der Waals surface area contributed by atoms with Crippen LogP contribution in [0.2, 0.25) is 0 Å². The van der Waals surface area contributed by atoms with Gasteiger partial charge in [-0.2, -0.15) is 8.42 Å². The van der Waals surface area contributed by atoms with E-state index in [1.54, 1.807) is 36.4 Å². The molecule has 1 aliphatic rings. The van der Waals surface area contributed by atoms with Crippen molar-refractivity contribution in [1.82, 2.24) is 0 Å². The Balaban J connectivity index is 1.81. The van der Waals surface area contributed by atoms with Gasteiger partial charge in [0, 0.05) is 28.1 Å². The lowest BCUT2D eigenvalue weighted by Gasteiger charge is -2.22. The number of carbonyl (C=O) groups excluding carboxylic acids is 3. The lowest BCUT2D eigenvalue weighted by molar-refractivity contribution is -0.113. The summed E-state index contributed by atoms with van der Waals surface area (Å²) in [6.07, 6.45) is 0. The van der Waals surface area contributed by atoms with Crippen molar-refractivity contribution in [3.63, 3.8) is 0 Å². The van der Waals surface area contributed by atoms with Crippen molar-refractivity contribution in [2.45, 2.75) is 4.90 Å². The van der Waals surface area contributed by atoms with Crippen LogP contribution in [0, 0.1) is 0 Å². The van der Waals surface area contributed by atoms with Crippen molar-refractivity contribution in [2.24, 2.45) is 0 Å². The summed E-state index contributed by atoms with van der Waals surface area (Å²) in [6, 6.07) is 14.6. The Hall–Kier alpha value is -3.53. The van der Waals surface area contributed by atoms with Crippen molar-refractivity contribution in [2.75, 3.05) is 16.5 Å². The quantitative estimate of drug-likeness (QED) is 0.300. The van der Waals surface area contributed by atoms with Gasteiger partial charge in [-0.3, -0.25) is 18.9 Å². The molecule has 0 aromatic heterocycles. The zero-order valence-electron chi connectivity index (χ0n) is 16.3. The Morgan fingerprint density at radius 2 is 1.47 bits per heavy atom. The van der Waals surface area contributed by atoms with Gasteiger partial charge in [-0.25, -0.2) is 0 Å². The van der Waals surface area contributed by atoms with Crippen LogP contribution in [0.5, 0.6) is 0 Å². The molecule has 8 nitrogen and oxygen atoms in total. The Labute approximate surface area is 188 Å². The first kappa shape index (κ1) is 21.7. The summed E-state index contributed by atoms with van der Waals surface area (Å²) in [5, 5.41) is 5.51. The molecule has 0 heterocycles. The number of rotatable bonds is 5. The Bertz CT molecular complexity index is 1380. The minimum absolute atomic E-state index is 0.000573. The lowest BCUT2D eigenvalue weighted by atomic mass is 9.83. The fourth-order valence-corrected chi connectivity index (χ4v) is 4.03. The molecule has 0 atom stereocenters. The van der Waals surface area contributed by atoms with E-state index in [1.165, 1.54) is 12.1 Å². The number of anilines is 3. The third kappa shape index (κ3) is 4.01. The van der Waals surface area contributed by atoms with Crippen molar-refractivity contribution in [3.8, 4) is 0 Å². The van der Waals surface area contributed by atoms with Gasteiger partial charge < -0.3 is 10.6 Å². The molecule has 0 bridgehead atoms. The number of amides is 1. The van der Waals surface area contributed by atoms with E-state index in [1.807, 2.05) is 0 Å². The molecule has 0 fully saturated rings. The minimum Gasteiger partial charge on any atom is -0.355 e. The van der Waals surface area contributed by atoms with Crippen LogP contribution in [0.25, 0.3) is 0 Å². The second-order valence-electron chi connectivity index (χ2n) is 6.96. The maximum atomic E-state index is 13.2. The van der Waals surface area contributed by atoms with Gasteiger partial charge in [0.2, 0.25) is 5.91 Å². The van der Waals surface area contributed by atoms with Gasteiger partial charge in [0.15, 0.2) is 11.6 Å². The van der Waals surface area contributed by atoms with E-state index < -0.39 is 26.6 Å². The number of carbonyl (C=O) groups is 3. The van der Waals surface area contributed by atoms with Crippen LogP contribution >= 0.6 is 11.6 Å². The first-order valence-corrected chi connectivity index (χ1v) is 11.2. The second-order valence-corrected chi connectivity index (χ2v) is 8.65. The summed E-state index contributed by atoms with van der Waals surface area (Å²) < 4.78 is 33.2. The third-order valence-electron chi connectivity index (χ3n) is 4.87. The van der Waals surface area contributed by atoms with Crippen LogP contribution in [0.4, 0.5) is 17.1 Å². The van der Waals surface area contributed by atoms with Crippen molar-refractivity contribution < 1.29 is 27.4 Å².